The van der Waals surface area contributed by atoms with Crippen molar-refractivity contribution >= 4 is 5.91 Å². The molecule has 108 valence electrons. The molecule has 21 heavy (non-hydrogen) atoms. The lowest BCUT2D eigenvalue weighted by molar-refractivity contribution is -0.126. The van der Waals surface area contributed by atoms with Crippen LogP contribution in [-0.4, -0.2) is 23.9 Å². The van der Waals surface area contributed by atoms with Crippen molar-refractivity contribution in [1.29, 1.82) is 0 Å². The van der Waals surface area contributed by atoms with Crippen LogP contribution in [0.4, 0.5) is 0 Å². The third kappa shape index (κ3) is 8.35. The molecule has 1 fully saturated rings. The molecule has 0 spiro atoms. The maximum absolute atomic E-state index is 11.8. The summed E-state index contributed by atoms with van der Waals surface area (Å²) in [5, 5.41) is 0. The molecule has 2 heteroatoms. The fraction of sp³-hybridized carbons (Fsp3) is 0.316. The Morgan fingerprint density at radius 3 is 2.29 bits per heavy atom. The Kier molecular flexibility index (Phi) is 9.00. The Balaban J connectivity index is 2.29. The largest absolute Gasteiger partial charge is 0.339 e. The highest BCUT2D eigenvalue weighted by Gasteiger charge is 2.12. The first kappa shape index (κ1) is 16.6. The Bertz CT molecular complexity index is 550. The molecule has 0 aromatic rings. The average Bonchev–Trinajstić information content (AvgIpc) is 2.53. The maximum Gasteiger partial charge on any atom is 0.246 e. The van der Waals surface area contributed by atoms with E-state index in [4.69, 9.17) is 0 Å². The second kappa shape index (κ2) is 11.4. The van der Waals surface area contributed by atoms with Crippen LogP contribution in [0.3, 0.4) is 0 Å². The first-order valence-electron chi connectivity index (χ1n) is 7.25. The topological polar surface area (TPSA) is 20.3 Å². The molecule has 0 aromatic carbocycles. The van der Waals surface area contributed by atoms with Crippen molar-refractivity contribution < 1.29 is 4.79 Å². The average molecular weight is 279 g/mol. The van der Waals surface area contributed by atoms with E-state index in [0.29, 0.717) is 0 Å². The van der Waals surface area contributed by atoms with Gasteiger partial charge in [0.05, 0.1) is 0 Å². The first-order valence-corrected chi connectivity index (χ1v) is 7.25. The van der Waals surface area contributed by atoms with Gasteiger partial charge in [0.25, 0.3) is 0 Å². The van der Waals surface area contributed by atoms with E-state index in [-0.39, 0.29) is 5.91 Å². The fourth-order valence-corrected chi connectivity index (χ4v) is 1.83. The van der Waals surface area contributed by atoms with Gasteiger partial charge >= 0.3 is 0 Å². The van der Waals surface area contributed by atoms with Gasteiger partial charge < -0.3 is 4.90 Å². The molecular weight excluding hydrogens is 258 g/mol. The molecule has 2 nitrogen and oxygen atoms in total. The molecule has 0 saturated carbocycles. The quantitative estimate of drug-likeness (QED) is 0.441. The minimum Gasteiger partial charge on any atom is -0.339 e. The normalized spacial score (nSPS) is 15.4. The molecule has 1 amide bonds. The zero-order chi connectivity index (χ0) is 15.2. The number of hydrogen-bond donors (Lipinski definition) is 0. The number of likely N-dealkylation sites (tertiary alicyclic amines) is 1. The molecule has 1 rings (SSSR count). The van der Waals surface area contributed by atoms with Crippen LogP contribution in [-0.2, 0) is 4.79 Å². The third-order valence-corrected chi connectivity index (χ3v) is 2.88. The molecular formula is C19H21NO. The van der Waals surface area contributed by atoms with Crippen molar-refractivity contribution in [3.05, 3.63) is 48.6 Å². The predicted octanol–water partition coefficient (Wildman–Crippen LogP) is 3.25. The van der Waals surface area contributed by atoms with Gasteiger partial charge in [-0.3, -0.25) is 4.79 Å². The van der Waals surface area contributed by atoms with Crippen molar-refractivity contribution in [3.8, 4) is 23.7 Å². The monoisotopic (exact) mass is 279 g/mol. The van der Waals surface area contributed by atoms with E-state index in [9.17, 15) is 4.79 Å². The summed E-state index contributed by atoms with van der Waals surface area (Å²) in [7, 11) is 0. The van der Waals surface area contributed by atoms with E-state index >= 15 is 0 Å². The lowest BCUT2D eigenvalue weighted by Crippen LogP contribution is -2.34. The highest BCUT2D eigenvalue weighted by molar-refractivity contribution is 5.87. The maximum atomic E-state index is 11.8. The van der Waals surface area contributed by atoms with Gasteiger partial charge in [-0.2, -0.15) is 0 Å². The Labute approximate surface area is 127 Å². The van der Waals surface area contributed by atoms with E-state index in [1.807, 2.05) is 36.1 Å². The molecule has 0 atom stereocenters. The molecule has 1 saturated heterocycles. The molecule has 0 N–H and O–H groups in total. The summed E-state index contributed by atoms with van der Waals surface area (Å²) in [5.74, 6) is 11.1. The number of rotatable bonds is 3. The number of hydrogen-bond acceptors (Lipinski definition) is 1. The minimum absolute atomic E-state index is 0.0994. The number of allylic oxidation sites excluding steroid dienone is 7. The Morgan fingerprint density at radius 1 is 0.905 bits per heavy atom. The van der Waals surface area contributed by atoms with Crippen molar-refractivity contribution in [2.75, 3.05) is 13.1 Å². The lowest BCUT2D eigenvalue weighted by Gasteiger charge is -2.25. The van der Waals surface area contributed by atoms with E-state index < -0.39 is 0 Å². The summed E-state index contributed by atoms with van der Waals surface area (Å²) in [6.45, 7) is 3.68. The second-order valence-corrected chi connectivity index (χ2v) is 4.53. The zero-order valence-corrected chi connectivity index (χ0v) is 12.5. The molecule has 0 radical (unpaired) electrons. The molecule has 1 aliphatic heterocycles. The van der Waals surface area contributed by atoms with Gasteiger partial charge in [0.1, 0.15) is 0 Å². The summed E-state index contributed by atoms with van der Waals surface area (Å²) < 4.78 is 0. The number of carbonyl (C=O) groups excluding carboxylic acids is 1. The SMILES string of the molecule is CC=CC#CC#CC=CC=CC=CC(=O)N1CCCCC1. The van der Waals surface area contributed by atoms with Crippen LogP contribution in [0.25, 0.3) is 0 Å². The van der Waals surface area contributed by atoms with Crippen molar-refractivity contribution in [1.82, 2.24) is 4.90 Å². The van der Waals surface area contributed by atoms with Gasteiger partial charge in [-0.05, 0) is 50.2 Å². The van der Waals surface area contributed by atoms with E-state index in [1.54, 1.807) is 24.3 Å². The highest BCUT2D eigenvalue weighted by Crippen LogP contribution is 2.08. The van der Waals surface area contributed by atoms with Crippen LogP contribution >= 0.6 is 0 Å². The standard InChI is InChI=1S/C19H21NO/c1-2-3-4-5-6-7-8-9-10-11-13-16-19(21)20-17-14-12-15-18-20/h2-3,8-11,13,16H,12,14-15,17-18H2,1H3. The number of amides is 1. The number of carbonyl (C=O) groups is 1. The second-order valence-electron chi connectivity index (χ2n) is 4.53. The number of nitrogens with zero attached hydrogens (tertiary/aromatic N) is 1. The Morgan fingerprint density at radius 2 is 1.57 bits per heavy atom. The van der Waals surface area contributed by atoms with Gasteiger partial charge in [0.2, 0.25) is 5.91 Å². The van der Waals surface area contributed by atoms with Crippen LogP contribution in [0.15, 0.2) is 48.6 Å². The van der Waals surface area contributed by atoms with Crippen LogP contribution in [0.5, 0.6) is 0 Å². The van der Waals surface area contributed by atoms with Crippen molar-refractivity contribution in [2.45, 2.75) is 26.2 Å². The van der Waals surface area contributed by atoms with Crippen LogP contribution < -0.4 is 0 Å². The Hall–Kier alpha value is -2.45. The summed E-state index contributed by atoms with van der Waals surface area (Å²) >= 11 is 0. The third-order valence-electron chi connectivity index (χ3n) is 2.88. The van der Waals surface area contributed by atoms with Gasteiger partial charge in [0.15, 0.2) is 0 Å². The molecule has 0 aliphatic carbocycles. The van der Waals surface area contributed by atoms with Gasteiger partial charge in [-0.1, -0.05) is 42.2 Å². The van der Waals surface area contributed by atoms with Gasteiger partial charge in [-0.15, -0.1) is 0 Å². The summed E-state index contributed by atoms with van der Waals surface area (Å²) in [6.07, 6.45) is 17.7. The molecule has 0 bridgehead atoms. The fourth-order valence-electron chi connectivity index (χ4n) is 1.83. The van der Waals surface area contributed by atoms with E-state index in [0.717, 1.165) is 25.9 Å². The molecule has 0 aromatic heterocycles. The highest BCUT2D eigenvalue weighted by atomic mass is 16.2. The predicted molar refractivity (Wildman–Crippen MR) is 88.2 cm³/mol. The molecule has 0 unspecified atom stereocenters. The van der Waals surface area contributed by atoms with Crippen LogP contribution in [0, 0.1) is 23.7 Å². The molecule has 1 aliphatic rings. The summed E-state index contributed by atoms with van der Waals surface area (Å²) in [5.41, 5.74) is 0. The minimum atomic E-state index is 0.0994. The lowest BCUT2D eigenvalue weighted by atomic mass is 10.1. The smallest absolute Gasteiger partial charge is 0.246 e. The first-order chi connectivity index (χ1) is 10.3. The summed E-state index contributed by atoms with van der Waals surface area (Å²) in [4.78, 5) is 13.7. The van der Waals surface area contributed by atoms with Crippen molar-refractivity contribution in [3.63, 3.8) is 0 Å². The zero-order valence-electron chi connectivity index (χ0n) is 12.5. The van der Waals surface area contributed by atoms with Gasteiger partial charge in [-0.25, -0.2) is 0 Å². The van der Waals surface area contributed by atoms with E-state index in [1.165, 1.54) is 6.42 Å². The van der Waals surface area contributed by atoms with Crippen LogP contribution in [0.2, 0.25) is 0 Å². The van der Waals surface area contributed by atoms with E-state index in [2.05, 4.69) is 23.7 Å². The number of piperidine rings is 1. The van der Waals surface area contributed by atoms with Gasteiger partial charge in [0, 0.05) is 19.2 Å². The summed E-state index contributed by atoms with van der Waals surface area (Å²) in [6, 6.07) is 0. The van der Waals surface area contributed by atoms with Crippen molar-refractivity contribution in [2.24, 2.45) is 0 Å². The molecule has 1 heterocycles. The van der Waals surface area contributed by atoms with Crippen LogP contribution in [0.1, 0.15) is 26.2 Å².